The molecule has 0 amide bonds. The summed E-state index contributed by atoms with van der Waals surface area (Å²) in [6.45, 7) is 6.69. The number of benzene rings is 1. The van der Waals surface area contributed by atoms with Crippen LogP contribution in [0.1, 0.15) is 17.9 Å². The Hall–Kier alpha value is -3.23. The molecule has 2 fully saturated rings. The summed E-state index contributed by atoms with van der Waals surface area (Å²) in [6, 6.07) is 13.2. The van der Waals surface area contributed by atoms with Crippen molar-refractivity contribution in [1.29, 1.82) is 0 Å². The third-order valence-corrected chi connectivity index (χ3v) is 6.18. The Morgan fingerprint density at radius 3 is 1.85 bits per heavy atom. The molecule has 3 heterocycles. The van der Waals surface area contributed by atoms with Gasteiger partial charge in [-0.2, -0.15) is 0 Å². The first-order chi connectivity index (χ1) is 19.4. The standard InChI is InChI=1S/C15H14O3.C9H9BN6.C3H9P.NO.W/c1-18-11-4-2-3-9(7-11)14-12-6-5-10(16)8-13(12)15(14)17;1-4-11-14(7-1)10(15-8-2-5-12-15)16-9-3-6-13-16;1-4(2)3;1-2;/h2-7,12-14H,8H2,1H3;1-9H;1-3H3;;/q;-1;;;/t12-,13+,14+;;;;/m1..../s1. The number of Topliss-reactive ketones (excluding diaryl/α,β-unsaturated/α-hetero) is 2. The molecule has 11 nitrogen and oxygen atoms in total. The van der Waals surface area contributed by atoms with Gasteiger partial charge in [0.25, 0.3) is 7.12 Å². The summed E-state index contributed by atoms with van der Waals surface area (Å²) in [5.74, 6) is 0.995. The maximum absolute atomic E-state index is 12.1. The van der Waals surface area contributed by atoms with Crippen molar-refractivity contribution in [3.05, 3.63) is 103 Å². The number of fused-ring (bicyclic) bond motifs is 1. The molecule has 2 aliphatic rings. The Balaban J connectivity index is 0.000000237. The van der Waals surface area contributed by atoms with Crippen molar-refractivity contribution in [2.24, 2.45) is 11.8 Å². The number of rotatable bonds is 5. The minimum absolute atomic E-state index is 0. The number of carbonyl (C=O) groups is 2. The predicted octanol–water partition coefficient (Wildman–Crippen LogP) is 3.09. The maximum atomic E-state index is 12.1. The van der Waals surface area contributed by atoms with Gasteiger partial charge in [-0.3, -0.25) is 9.59 Å². The molecule has 3 atom stereocenters. The van der Waals surface area contributed by atoms with Crippen LogP contribution < -0.4 is 10.3 Å². The Labute approximate surface area is 256 Å². The quantitative estimate of drug-likeness (QED) is 0.227. The molecule has 0 aliphatic heterocycles. The molecular formula is C27H32BN7O4PW-. The zero-order valence-electron chi connectivity index (χ0n) is 23.3. The molecule has 14 heteroatoms. The fourth-order valence-electron chi connectivity index (χ4n) is 4.55. The Morgan fingerprint density at radius 1 is 0.902 bits per heavy atom. The molecule has 1 aromatic carbocycles. The average Bonchev–Trinajstić information content (AvgIpc) is 3.76. The summed E-state index contributed by atoms with van der Waals surface area (Å²) < 4.78 is 10.6. The van der Waals surface area contributed by atoms with Crippen molar-refractivity contribution in [1.82, 2.24) is 34.7 Å². The largest absolute Gasteiger partial charge is 0.497 e. The number of ketones is 2. The second-order valence-corrected chi connectivity index (χ2v) is 12.2. The topological polar surface area (TPSA) is 136 Å². The van der Waals surface area contributed by atoms with Crippen LogP contribution in [0.25, 0.3) is 0 Å². The first-order valence-corrected chi connectivity index (χ1v) is 15.2. The minimum atomic E-state index is -0.194. The van der Waals surface area contributed by atoms with Crippen LogP contribution in [0.2, 0.25) is 0 Å². The molecule has 0 spiro atoms. The Morgan fingerprint density at radius 2 is 1.41 bits per heavy atom. The van der Waals surface area contributed by atoms with Crippen molar-refractivity contribution in [3.8, 4) is 5.75 Å². The molecule has 214 valence electrons. The van der Waals surface area contributed by atoms with Crippen LogP contribution in [-0.2, 0) is 30.7 Å². The van der Waals surface area contributed by atoms with Gasteiger partial charge in [-0.05, 0) is 86.8 Å². The molecule has 0 unspecified atom stereocenters. The number of nitrogens with zero attached hydrogens (tertiary/aromatic N) is 7. The number of aromatic nitrogens is 6. The third-order valence-electron chi connectivity index (χ3n) is 6.18. The van der Waals surface area contributed by atoms with E-state index in [2.05, 4.69) is 35.3 Å². The normalized spacial score (nSPS) is 18.7. The molecule has 4 aromatic rings. The van der Waals surface area contributed by atoms with Crippen LogP contribution in [0.15, 0.2) is 79.6 Å². The Kier molecular flexibility index (Phi) is 14.0. The number of nitroso groups, excluding NO2 is 1. The second-order valence-electron chi connectivity index (χ2n) is 9.52. The smallest absolute Gasteiger partial charge is 0.260 e. The average molecular weight is 744 g/mol. The van der Waals surface area contributed by atoms with E-state index >= 15 is 0 Å². The van der Waals surface area contributed by atoms with Crippen LogP contribution in [-0.4, -0.2) is 74.9 Å². The molecule has 0 bridgehead atoms. The summed E-state index contributed by atoms with van der Waals surface area (Å²) >= 11 is 0. The minimum Gasteiger partial charge on any atom is -0.497 e. The number of methoxy groups -OCH3 is 1. The third kappa shape index (κ3) is 8.88. The molecule has 6 rings (SSSR count). The number of hydrogen-bond donors (Lipinski definition) is 0. The predicted molar refractivity (Wildman–Crippen MR) is 155 cm³/mol. The van der Waals surface area contributed by atoms with Crippen molar-refractivity contribution in [2.75, 3.05) is 27.1 Å². The molecule has 41 heavy (non-hydrogen) atoms. The van der Waals surface area contributed by atoms with Crippen LogP contribution in [0.5, 0.6) is 5.75 Å². The Bertz CT molecular complexity index is 1240. The van der Waals surface area contributed by atoms with Gasteiger partial charge >= 0.3 is 0 Å². The molecule has 4 radical (unpaired) electrons. The second kappa shape index (κ2) is 16.9. The van der Waals surface area contributed by atoms with Gasteiger partial charge in [0.1, 0.15) is 22.9 Å². The molecular weight excluding hydrogens is 712 g/mol. The van der Waals surface area contributed by atoms with E-state index < -0.39 is 0 Å². The van der Waals surface area contributed by atoms with Gasteiger partial charge in [0, 0.05) is 64.3 Å². The van der Waals surface area contributed by atoms with Gasteiger partial charge < -0.3 is 18.5 Å². The van der Waals surface area contributed by atoms with Gasteiger partial charge in [-0.1, -0.05) is 12.1 Å². The molecule has 2 saturated carbocycles. The molecule has 0 saturated heterocycles. The number of hydrogen-bond acceptors (Lipinski definition) is 7. The number of ether oxygens (including phenoxy) is 1. The summed E-state index contributed by atoms with van der Waals surface area (Å²) in [5.41, 5.74) is 6.74. The summed E-state index contributed by atoms with van der Waals surface area (Å²) in [7, 11) is 1.80. The SMILES string of the molecule is COc1cccc([C@@H]2C(=O)[C@H]3CC(=O)[CH][CH][C@H]32)c1.CP(C)C.[N]=O.[W].c1cnn([B-](n2cccn2)n2cccn2)c1. The van der Waals surface area contributed by atoms with Crippen molar-refractivity contribution < 1.29 is 35.4 Å². The van der Waals surface area contributed by atoms with E-state index in [4.69, 9.17) is 15.2 Å². The van der Waals surface area contributed by atoms with Crippen LogP contribution in [0.3, 0.4) is 0 Å². The van der Waals surface area contributed by atoms with E-state index in [0.29, 0.717) is 14.3 Å². The van der Waals surface area contributed by atoms with E-state index in [1.165, 1.54) is 0 Å². The first kappa shape index (κ1) is 34.0. The monoisotopic (exact) mass is 744 g/mol. The maximum Gasteiger partial charge on any atom is 0.260 e. The molecule has 2 aliphatic carbocycles. The van der Waals surface area contributed by atoms with Gasteiger partial charge in [0.05, 0.1) is 7.11 Å². The summed E-state index contributed by atoms with van der Waals surface area (Å²) in [5, 5.41) is 12.7. The first-order valence-electron chi connectivity index (χ1n) is 12.5. The molecule has 0 N–H and O–H groups in total. The van der Waals surface area contributed by atoms with Crippen LogP contribution >= 0.6 is 7.92 Å². The van der Waals surface area contributed by atoms with E-state index in [9.17, 15) is 9.59 Å². The van der Waals surface area contributed by atoms with Crippen molar-refractivity contribution in [3.63, 3.8) is 0 Å². The molecule has 3 aromatic heterocycles. The fourth-order valence-corrected chi connectivity index (χ4v) is 4.55. The summed E-state index contributed by atoms with van der Waals surface area (Å²) in [6.07, 6.45) is 14.7. The van der Waals surface area contributed by atoms with E-state index in [0.717, 1.165) is 11.3 Å². The van der Waals surface area contributed by atoms with E-state index in [1.807, 2.05) is 67.5 Å². The zero-order valence-corrected chi connectivity index (χ0v) is 27.1. The van der Waals surface area contributed by atoms with Crippen LogP contribution in [0.4, 0.5) is 0 Å². The van der Waals surface area contributed by atoms with Gasteiger partial charge in [0.15, 0.2) is 0 Å². The summed E-state index contributed by atoms with van der Waals surface area (Å²) in [4.78, 5) is 30.6. The van der Waals surface area contributed by atoms with Crippen LogP contribution in [0, 0.1) is 29.6 Å². The van der Waals surface area contributed by atoms with Crippen molar-refractivity contribution in [2.45, 2.75) is 12.3 Å². The van der Waals surface area contributed by atoms with Gasteiger partial charge in [-0.15, -0.1) is 12.8 Å². The van der Waals surface area contributed by atoms with E-state index in [1.54, 1.807) is 45.9 Å². The fraction of sp³-hybridized carbons (Fsp3) is 0.296. The van der Waals surface area contributed by atoms with Crippen molar-refractivity contribution >= 4 is 26.6 Å². The zero-order chi connectivity index (χ0) is 29.1. The number of carbonyl (C=O) groups excluding carboxylic acids is 2. The van der Waals surface area contributed by atoms with Gasteiger partial charge in [0.2, 0.25) is 0 Å². The van der Waals surface area contributed by atoms with E-state index in [-0.39, 0.29) is 57.5 Å². The van der Waals surface area contributed by atoms with Gasteiger partial charge in [-0.25, -0.2) is 15.3 Å².